The van der Waals surface area contributed by atoms with Gasteiger partial charge in [-0.15, -0.1) is 0 Å². The summed E-state index contributed by atoms with van der Waals surface area (Å²) in [5, 5.41) is 14.7. The van der Waals surface area contributed by atoms with Gasteiger partial charge < -0.3 is 10.2 Å². The minimum absolute atomic E-state index is 0.0679. The van der Waals surface area contributed by atoms with Crippen molar-refractivity contribution < 1.29 is 14.5 Å². The first-order valence-corrected chi connectivity index (χ1v) is 7.58. The lowest BCUT2D eigenvalue weighted by Crippen LogP contribution is -2.23. The highest BCUT2D eigenvalue weighted by Crippen LogP contribution is 2.22. The zero-order valence-corrected chi connectivity index (χ0v) is 13.4. The van der Waals surface area contributed by atoms with Crippen LogP contribution < -0.4 is 5.32 Å². The van der Waals surface area contributed by atoms with Gasteiger partial charge in [0.25, 0.3) is 11.8 Å². The van der Waals surface area contributed by atoms with Crippen molar-refractivity contribution in [2.75, 3.05) is 14.1 Å². The fraction of sp³-hybridized carbons (Fsp3) is 0.200. The van der Waals surface area contributed by atoms with E-state index >= 15 is 0 Å². The van der Waals surface area contributed by atoms with Crippen LogP contribution in [0.15, 0.2) is 35.7 Å². The number of hydrogen-bond acceptors (Lipinski definition) is 5. The quantitative estimate of drug-likeness (QED) is 0.671. The zero-order valence-electron chi connectivity index (χ0n) is 12.6. The number of carbonyl (C=O) groups excluding carboxylic acids is 2. The Morgan fingerprint density at radius 3 is 2.39 bits per heavy atom. The fourth-order valence-corrected chi connectivity index (χ4v) is 2.55. The van der Waals surface area contributed by atoms with Crippen LogP contribution >= 0.6 is 11.3 Å². The molecule has 1 N–H and O–H groups in total. The lowest BCUT2D eigenvalue weighted by molar-refractivity contribution is -0.380. The predicted octanol–water partition coefficient (Wildman–Crippen LogP) is 2.29. The molecular formula is C15H15N3O4S. The molecule has 120 valence electrons. The summed E-state index contributed by atoms with van der Waals surface area (Å²) in [6, 6.07) is 8.15. The molecule has 0 saturated carbocycles. The lowest BCUT2D eigenvalue weighted by atomic mass is 10.1. The highest BCUT2D eigenvalue weighted by molar-refractivity contribution is 7.13. The van der Waals surface area contributed by atoms with Crippen molar-refractivity contribution in [1.29, 1.82) is 0 Å². The number of hydrogen-bond donors (Lipinski definition) is 1. The van der Waals surface area contributed by atoms with Crippen LogP contribution in [0.2, 0.25) is 0 Å². The summed E-state index contributed by atoms with van der Waals surface area (Å²) in [6.07, 6.45) is 0. The summed E-state index contributed by atoms with van der Waals surface area (Å²) in [6.45, 7) is 0.277. The zero-order chi connectivity index (χ0) is 17.0. The van der Waals surface area contributed by atoms with E-state index in [1.54, 1.807) is 38.4 Å². The number of nitrogens with one attached hydrogen (secondary N) is 1. The van der Waals surface area contributed by atoms with Crippen molar-refractivity contribution in [1.82, 2.24) is 10.2 Å². The summed E-state index contributed by atoms with van der Waals surface area (Å²) < 4.78 is 0. The largest absolute Gasteiger partial charge is 0.348 e. The van der Waals surface area contributed by atoms with Crippen molar-refractivity contribution in [3.8, 4) is 0 Å². The first-order valence-electron chi connectivity index (χ1n) is 6.70. The third-order valence-electron chi connectivity index (χ3n) is 3.09. The van der Waals surface area contributed by atoms with Crippen molar-refractivity contribution in [2.45, 2.75) is 6.54 Å². The van der Waals surface area contributed by atoms with Gasteiger partial charge >= 0.3 is 5.00 Å². The van der Waals surface area contributed by atoms with Crippen LogP contribution in [-0.4, -0.2) is 35.7 Å². The minimum atomic E-state index is -0.526. The second-order valence-electron chi connectivity index (χ2n) is 5.01. The van der Waals surface area contributed by atoms with Crippen molar-refractivity contribution in [3.05, 3.63) is 62.5 Å². The van der Waals surface area contributed by atoms with E-state index in [-0.39, 0.29) is 28.9 Å². The molecule has 7 nitrogen and oxygen atoms in total. The van der Waals surface area contributed by atoms with Crippen molar-refractivity contribution in [2.24, 2.45) is 0 Å². The molecule has 23 heavy (non-hydrogen) atoms. The summed E-state index contributed by atoms with van der Waals surface area (Å²) in [7, 11) is 3.35. The molecule has 0 radical (unpaired) electrons. The third-order valence-corrected chi connectivity index (χ3v) is 3.97. The Hall–Kier alpha value is -2.74. The van der Waals surface area contributed by atoms with Gasteiger partial charge in [-0.1, -0.05) is 23.5 Å². The molecule has 0 unspecified atom stereocenters. The van der Waals surface area contributed by atoms with Gasteiger partial charge in [-0.2, -0.15) is 0 Å². The second-order valence-corrected chi connectivity index (χ2v) is 5.90. The monoisotopic (exact) mass is 333 g/mol. The van der Waals surface area contributed by atoms with Crippen molar-refractivity contribution >= 4 is 28.2 Å². The van der Waals surface area contributed by atoms with E-state index in [0.29, 0.717) is 5.56 Å². The maximum absolute atomic E-state index is 11.9. The maximum Gasteiger partial charge on any atom is 0.324 e. The first-order chi connectivity index (χ1) is 10.9. The van der Waals surface area contributed by atoms with Gasteiger partial charge in [0.15, 0.2) is 0 Å². The van der Waals surface area contributed by atoms with Crippen LogP contribution in [0.5, 0.6) is 0 Å². The standard InChI is InChI=1S/C15H15N3O4S/c1-17(2)15(20)11-5-3-10(4-6-11)8-16-14(19)12-7-13(18(21)22)23-9-12/h3-7,9H,8H2,1-2H3,(H,16,19). The normalized spacial score (nSPS) is 10.2. The molecule has 0 aliphatic carbocycles. The highest BCUT2D eigenvalue weighted by atomic mass is 32.1. The molecule has 0 atom stereocenters. The number of nitrogens with zero attached hydrogens (tertiary/aromatic N) is 2. The van der Waals surface area contributed by atoms with Gasteiger partial charge in [-0.3, -0.25) is 19.7 Å². The summed E-state index contributed by atoms with van der Waals surface area (Å²) in [4.78, 5) is 35.3. The summed E-state index contributed by atoms with van der Waals surface area (Å²) in [5.74, 6) is -0.464. The van der Waals surface area contributed by atoms with E-state index in [1.807, 2.05) is 0 Å². The molecule has 8 heteroatoms. The van der Waals surface area contributed by atoms with E-state index in [2.05, 4.69) is 5.32 Å². The van der Waals surface area contributed by atoms with E-state index in [9.17, 15) is 19.7 Å². The molecular weight excluding hydrogens is 318 g/mol. The van der Waals surface area contributed by atoms with E-state index in [1.165, 1.54) is 16.3 Å². The lowest BCUT2D eigenvalue weighted by Gasteiger charge is -2.10. The third kappa shape index (κ3) is 4.13. The summed E-state index contributed by atoms with van der Waals surface area (Å²) in [5.41, 5.74) is 1.66. The molecule has 2 aromatic rings. The van der Waals surface area contributed by atoms with Crippen LogP contribution in [0.3, 0.4) is 0 Å². The Kier molecular flexibility index (Phi) is 5.07. The molecule has 0 aliphatic rings. The Morgan fingerprint density at radius 2 is 1.87 bits per heavy atom. The molecule has 2 amide bonds. The van der Waals surface area contributed by atoms with E-state index in [0.717, 1.165) is 16.9 Å². The van der Waals surface area contributed by atoms with Gasteiger partial charge in [0.05, 0.1) is 10.5 Å². The maximum atomic E-state index is 11.9. The van der Waals surface area contributed by atoms with Gasteiger partial charge in [0, 0.05) is 37.6 Å². The number of amides is 2. The van der Waals surface area contributed by atoms with E-state index < -0.39 is 4.92 Å². The highest BCUT2D eigenvalue weighted by Gasteiger charge is 2.14. The van der Waals surface area contributed by atoms with Gasteiger partial charge in [-0.25, -0.2) is 0 Å². The number of rotatable bonds is 5. The average molecular weight is 333 g/mol. The van der Waals surface area contributed by atoms with Crippen LogP contribution in [0.4, 0.5) is 5.00 Å². The Morgan fingerprint density at radius 1 is 1.22 bits per heavy atom. The minimum Gasteiger partial charge on any atom is -0.348 e. The van der Waals surface area contributed by atoms with Gasteiger partial charge in [0.1, 0.15) is 0 Å². The number of benzene rings is 1. The molecule has 0 bridgehead atoms. The first kappa shape index (κ1) is 16.6. The Balaban J connectivity index is 1.96. The SMILES string of the molecule is CN(C)C(=O)c1ccc(CNC(=O)c2csc([N+](=O)[O-])c2)cc1. The topological polar surface area (TPSA) is 92.6 Å². The number of carbonyl (C=O) groups is 2. The van der Waals surface area contributed by atoms with Gasteiger partial charge in [0.2, 0.25) is 0 Å². The molecule has 0 aliphatic heterocycles. The Labute approximate surface area is 136 Å². The molecule has 0 saturated heterocycles. The average Bonchev–Trinajstić information content (AvgIpc) is 3.02. The molecule has 2 rings (SSSR count). The van der Waals surface area contributed by atoms with Crippen LogP contribution in [0.1, 0.15) is 26.3 Å². The number of thiophene rings is 1. The fourth-order valence-electron chi connectivity index (χ4n) is 1.85. The van der Waals surface area contributed by atoms with Crippen LogP contribution in [-0.2, 0) is 6.54 Å². The van der Waals surface area contributed by atoms with Crippen molar-refractivity contribution in [3.63, 3.8) is 0 Å². The second kappa shape index (κ2) is 7.01. The van der Waals surface area contributed by atoms with E-state index in [4.69, 9.17) is 0 Å². The molecule has 1 aromatic carbocycles. The Bertz CT molecular complexity index is 737. The molecule has 1 aromatic heterocycles. The predicted molar refractivity (Wildman–Crippen MR) is 86.6 cm³/mol. The molecule has 0 fully saturated rings. The van der Waals surface area contributed by atoms with Crippen LogP contribution in [0.25, 0.3) is 0 Å². The molecule has 0 spiro atoms. The molecule has 1 heterocycles. The van der Waals surface area contributed by atoms with Crippen LogP contribution in [0, 0.1) is 10.1 Å². The summed E-state index contributed by atoms with van der Waals surface area (Å²) >= 11 is 0.913. The van der Waals surface area contributed by atoms with Gasteiger partial charge in [-0.05, 0) is 17.7 Å². The smallest absolute Gasteiger partial charge is 0.324 e. The number of nitro groups is 1.